The molecule has 0 radical (unpaired) electrons. The van der Waals surface area contributed by atoms with Crippen LogP contribution < -0.4 is 5.32 Å². The van der Waals surface area contributed by atoms with Gasteiger partial charge in [-0.1, -0.05) is 20.8 Å². The van der Waals surface area contributed by atoms with E-state index in [4.69, 9.17) is 4.74 Å². The normalized spacial score (nSPS) is 34.4. The molecule has 2 nitrogen and oxygen atoms in total. The van der Waals surface area contributed by atoms with Gasteiger partial charge in [-0.2, -0.15) is 0 Å². The molecule has 13 heavy (non-hydrogen) atoms. The van der Waals surface area contributed by atoms with Gasteiger partial charge in [-0.15, -0.1) is 0 Å². The topological polar surface area (TPSA) is 21.3 Å². The first kappa shape index (κ1) is 11.0. The Labute approximate surface area is 82.0 Å². The summed E-state index contributed by atoms with van der Waals surface area (Å²) in [7, 11) is 0. The van der Waals surface area contributed by atoms with Crippen LogP contribution in [0.3, 0.4) is 0 Å². The summed E-state index contributed by atoms with van der Waals surface area (Å²) in [6.45, 7) is 9.77. The fourth-order valence-electron chi connectivity index (χ4n) is 1.73. The minimum absolute atomic E-state index is 0.0506. The van der Waals surface area contributed by atoms with Crippen molar-refractivity contribution < 1.29 is 4.74 Å². The second kappa shape index (κ2) is 4.43. The summed E-state index contributed by atoms with van der Waals surface area (Å²) in [6.07, 6.45) is 3.53. The first-order valence-electron chi connectivity index (χ1n) is 5.47. The molecule has 2 atom stereocenters. The molecule has 2 heteroatoms. The highest BCUT2D eigenvalue weighted by Gasteiger charge is 2.33. The first-order chi connectivity index (χ1) is 6.06. The first-order valence-corrected chi connectivity index (χ1v) is 5.47. The lowest BCUT2D eigenvalue weighted by Gasteiger charge is -2.25. The van der Waals surface area contributed by atoms with Crippen LogP contribution in [0.15, 0.2) is 0 Å². The number of hydrogen-bond acceptors (Lipinski definition) is 2. The highest BCUT2D eigenvalue weighted by molar-refractivity contribution is 4.84. The molecule has 0 amide bonds. The molecule has 0 spiro atoms. The molecule has 0 bridgehead atoms. The van der Waals surface area contributed by atoms with Gasteiger partial charge in [-0.3, -0.25) is 5.32 Å². The van der Waals surface area contributed by atoms with Gasteiger partial charge in [0.25, 0.3) is 0 Å². The van der Waals surface area contributed by atoms with Crippen molar-refractivity contribution in [1.82, 2.24) is 5.32 Å². The fourth-order valence-corrected chi connectivity index (χ4v) is 1.73. The molecule has 0 aromatic heterocycles. The summed E-state index contributed by atoms with van der Waals surface area (Å²) in [5.74, 6) is 0.767. The second-order valence-electron chi connectivity index (χ2n) is 4.72. The molecule has 1 aliphatic rings. The van der Waals surface area contributed by atoms with E-state index >= 15 is 0 Å². The summed E-state index contributed by atoms with van der Waals surface area (Å²) >= 11 is 0. The van der Waals surface area contributed by atoms with E-state index in [9.17, 15) is 0 Å². The van der Waals surface area contributed by atoms with Crippen molar-refractivity contribution in [3.05, 3.63) is 0 Å². The SMILES string of the molecule is CC[C@H]1CO[C@](C)(CCC(C)C)N1. The maximum Gasteiger partial charge on any atom is 0.116 e. The van der Waals surface area contributed by atoms with E-state index in [2.05, 4.69) is 33.0 Å². The van der Waals surface area contributed by atoms with Crippen LogP contribution in [0.1, 0.15) is 47.0 Å². The highest BCUT2D eigenvalue weighted by atomic mass is 16.5. The van der Waals surface area contributed by atoms with Crippen LogP contribution in [-0.4, -0.2) is 18.4 Å². The van der Waals surface area contributed by atoms with Gasteiger partial charge >= 0.3 is 0 Å². The largest absolute Gasteiger partial charge is 0.359 e. The number of ether oxygens (including phenoxy) is 1. The summed E-state index contributed by atoms with van der Waals surface area (Å²) in [5.41, 5.74) is -0.0506. The molecule has 1 rings (SSSR count). The van der Waals surface area contributed by atoms with Crippen molar-refractivity contribution in [1.29, 1.82) is 0 Å². The molecule has 1 aliphatic heterocycles. The van der Waals surface area contributed by atoms with Gasteiger partial charge in [0.15, 0.2) is 0 Å². The fraction of sp³-hybridized carbons (Fsp3) is 1.00. The van der Waals surface area contributed by atoms with Crippen molar-refractivity contribution in [3.63, 3.8) is 0 Å². The van der Waals surface area contributed by atoms with Crippen LogP contribution in [-0.2, 0) is 4.74 Å². The smallest absolute Gasteiger partial charge is 0.116 e. The van der Waals surface area contributed by atoms with Gasteiger partial charge in [0.1, 0.15) is 5.72 Å². The second-order valence-corrected chi connectivity index (χ2v) is 4.72. The maximum atomic E-state index is 5.78. The minimum Gasteiger partial charge on any atom is -0.359 e. The van der Waals surface area contributed by atoms with E-state index in [1.54, 1.807) is 0 Å². The molecule has 1 saturated heterocycles. The van der Waals surface area contributed by atoms with Crippen molar-refractivity contribution in [2.24, 2.45) is 5.92 Å². The van der Waals surface area contributed by atoms with Crippen molar-refractivity contribution in [3.8, 4) is 0 Å². The molecular weight excluding hydrogens is 162 g/mol. The van der Waals surface area contributed by atoms with Crippen LogP contribution in [0.25, 0.3) is 0 Å². The molecule has 0 aliphatic carbocycles. The molecule has 0 saturated carbocycles. The van der Waals surface area contributed by atoms with E-state index in [1.807, 2.05) is 0 Å². The Balaban J connectivity index is 2.31. The van der Waals surface area contributed by atoms with Crippen LogP contribution in [0.5, 0.6) is 0 Å². The molecule has 1 N–H and O–H groups in total. The third-order valence-corrected chi connectivity index (χ3v) is 2.80. The lowest BCUT2D eigenvalue weighted by Crippen LogP contribution is -2.41. The van der Waals surface area contributed by atoms with E-state index in [1.165, 1.54) is 6.42 Å². The molecule has 0 unspecified atom stereocenters. The van der Waals surface area contributed by atoms with Gasteiger partial charge in [0.05, 0.1) is 6.61 Å². The van der Waals surface area contributed by atoms with Crippen LogP contribution >= 0.6 is 0 Å². The average Bonchev–Trinajstić information content (AvgIpc) is 2.45. The van der Waals surface area contributed by atoms with E-state index in [-0.39, 0.29) is 5.72 Å². The van der Waals surface area contributed by atoms with Crippen LogP contribution in [0.2, 0.25) is 0 Å². The summed E-state index contributed by atoms with van der Waals surface area (Å²) in [6, 6.07) is 0.567. The van der Waals surface area contributed by atoms with Gasteiger partial charge in [0, 0.05) is 6.04 Å². The summed E-state index contributed by atoms with van der Waals surface area (Å²) in [4.78, 5) is 0. The van der Waals surface area contributed by atoms with E-state index in [0.717, 1.165) is 25.4 Å². The zero-order chi connectivity index (χ0) is 9.90. The molecule has 1 heterocycles. The number of rotatable bonds is 4. The predicted octanol–water partition coefficient (Wildman–Crippen LogP) is 2.54. The van der Waals surface area contributed by atoms with Gasteiger partial charge in [-0.25, -0.2) is 0 Å². The van der Waals surface area contributed by atoms with Crippen LogP contribution in [0, 0.1) is 5.92 Å². The van der Waals surface area contributed by atoms with Crippen LogP contribution in [0.4, 0.5) is 0 Å². The predicted molar refractivity (Wildman–Crippen MR) is 55.6 cm³/mol. The van der Waals surface area contributed by atoms with E-state index < -0.39 is 0 Å². The molecule has 0 aromatic rings. The van der Waals surface area contributed by atoms with Gasteiger partial charge < -0.3 is 4.74 Å². The summed E-state index contributed by atoms with van der Waals surface area (Å²) < 4.78 is 5.78. The monoisotopic (exact) mass is 185 g/mol. The van der Waals surface area contributed by atoms with Crippen molar-refractivity contribution >= 4 is 0 Å². The highest BCUT2D eigenvalue weighted by Crippen LogP contribution is 2.24. The molecule has 1 fully saturated rings. The minimum atomic E-state index is -0.0506. The standard InChI is InChI=1S/C11H23NO/c1-5-10-8-13-11(4,12-10)7-6-9(2)3/h9-10,12H,5-8H2,1-4H3/t10-,11+/m0/s1. The third kappa shape index (κ3) is 3.28. The Morgan fingerprint density at radius 3 is 2.69 bits per heavy atom. The lowest BCUT2D eigenvalue weighted by molar-refractivity contribution is -0.00452. The van der Waals surface area contributed by atoms with Gasteiger partial charge in [0.2, 0.25) is 0 Å². The maximum absolute atomic E-state index is 5.78. The van der Waals surface area contributed by atoms with Crippen molar-refractivity contribution in [2.45, 2.75) is 58.7 Å². The Bertz CT molecular complexity index is 158. The molecular formula is C11H23NO. The Morgan fingerprint density at radius 1 is 1.54 bits per heavy atom. The van der Waals surface area contributed by atoms with Crippen molar-refractivity contribution in [2.75, 3.05) is 6.61 Å². The quantitative estimate of drug-likeness (QED) is 0.726. The zero-order valence-electron chi connectivity index (χ0n) is 9.39. The third-order valence-electron chi connectivity index (χ3n) is 2.80. The summed E-state index contributed by atoms with van der Waals surface area (Å²) in [5, 5.41) is 3.55. The Morgan fingerprint density at radius 2 is 2.23 bits per heavy atom. The lowest BCUT2D eigenvalue weighted by atomic mass is 10.0. The Kier molecular flexibility index (Phi) is 3.74. The van der Waals surface area contributed by atoms with Gasteiger partial charge in [-0.05, 0) is 32.1 Å². The zero-order valence-corrected chi connectivity index (χ0v) is 9.39. The Hall–Kier alpha value is -0.0800. The number of nitrogens with one attached hydrogen (secondary N) is 1. The average molecular weight is 185 g/mol. The number of hydrogen-bond donors (Lipinski definition) is 1. The molecule has 0 aromatic carbocycles. The molecule has 78 valence electrons. The van der Waals surface area contributed by atoms with E-state index in [0.29, 0.717) is 6.04 Å².